The summed E-state index contributed by atoms with van der Waals surface area (Å²) in [5.74, 6) is 0.279. The van der Waals surface area contributed by atoms with E-state index in [1.807, 2.05) is 6.07 Å². The fraction of sp³-hybridized carbons (Fsp3) is 0.571. The first-order valence-corrected chi connectivity index (χ1v) is 7.00. The van der Waals surface area contributed by atoms with E-state index >= 15 is 0 Å². The first-order chi connectivity index (χ1) is 8.70. The Morgan fingerprint density at radius 2 is 2.11 bits per heavy atom. The molecule has 1 fully saturated rings. The zero-order valence-corrected chi connectivity index (χ0v) is 11.6. The largest absolute Gasteiger partial charge is 0.508 e. The lowest BCUT2D eigenvalue weighted by atomic mass is 10.0. The van der Waals surface area contributed by atoms with Gasteiger partial charge >= 0.3 is 0 Å². The Kier molecular flexibility index (Phi) is 4.87. The molecule has 1 aromatic carbocycles. The van der Waals surface area contributed by atoms with E-state index in [4.69, 9.17) is 11.6 Å². The highest BCUT2D eigenvalue weighted by molar-refractivity contribution is 6.31. The Bertz CT molecular complexity index is 369. The molecule has 0 saturated carbocycles. The maximum Gasteiger partial charge on any atom is 0.121 e. The highest BCUT2D eigenvalue weighted by atomic mass is 35.5. The van der Waals surface area contributed by atoms with Crippen molar-refractivity contribution in [2.45, 2.75) is 32.4 Å². The van der Waals surface area contributed by atoms with Crippen molar-refractivity contribution >= 4 is 11.6 Å². The van der Waals surface area contributed by atoms with Crippen molar-refractivity contribution in [3.63, 3.8) is 0 Å². The van der Waals surface area contributed by atoms with Crippen LogP contribution in [-0.2, 0) is 6.54 Å². The molecule has 0 amide bonds. The molecular weight excluding hydrogens is 248 g/mol. The molecule has 3 nitrogen and oxygen atoms in total. The van der Waals surface area contributed by atoms with E-state index in [-0.39, 0.29) is 5.75 Å². The number of piperidine rings is 1. The van der Waals surface area contributed by atoms with Crippen LogP contribution in [0.2, 0.25) is 5.02 Å². The second kappa shape index (κ2) is 6.41. The van der Waals surface area contributed by atoms with E-state index in [9.17, 15) is 5.11 Å². The van der Waals surface area contributed by atoms with E-state index in [0.717, 1.165) is 25.2 Å². The minimum Gasteiger partial charge on any atom is -0.508 e. The minimum atomic E-state index is 0.279. The van der Waals surface area contributed by atoms with Crippen molar-refractivity contribution in [3.05, 3.63) is 28.8 Å². The summed E-state index contributed by atoms with van der Waals surface area (Å²) >= 11 is 6.08. The van der Waals surface area contributed by atoms with Crippen molar-refractivity contribution in [2.75, 3.05) is 19.6 Å². The summed E-state index contributed by atoms with van der Waals surface area (Å²) in [6.07, 6.45) is 2.33. The number of phenols is 1. The molecule has 1 saturated heterocycles. The standard InChI is InChI=1S/C14H21ClN2O/c1-2-17-8-6-11(7-9-17)16-10-12-13(15)4-3-5-14(12)18/h3-5,11,16,18H,2,6-10H2,1H3. The molecule has 2 N–H and O–H groups in total. The number of nitrogens with one attached hydrogen (secondary N) is 1. The van der Waals surface area contributed by atoms with Crippen LogP contribution < -0.4 is 5.32 Å². The molecule has 1 aromatic rings. The van der Waals surface area contributed by atoms with Crippen molar-refractivity contribution in [3.8, 4) is 5.75 Å². The van der Waals surface area contributed by atoms with Crippen LogP contribution in [0.25, 0.3) is 0 Å². The van der Waals surface area contributed by atoms with Crippen LogP contribution in [0.15, 0.2) is 18.2 Å². The first-order valence-electron chi connectivity index (χ1n) is 6.62. The maximum absolute atomic E-state index is 9.77. The van der Waals surface area contributed by atoms with Crippen LogP contribution in [0.4, 0.5) is 0 Å². The summed E-state index contributed by atoms with van der Waals surface area (Å²) < 4.78 is 0. The molecule has 0 unspecified atom stereocenters. The Morgan fingerprint density at radius 3 is 2.72 bits per heavy atom. The molecule has 0 aliphatic carbocycles. The van der Waals surface area contributed by atoms with Gasteiger partial charge in [-0.2, -0.15) is 0 Å². The first kappa shape index (κ1) is 13.7. The SMILES string of the molecule is CCN1CCC(NCc2c(O)cccc2Cl)CC1. The molecule has 0 spiro atoms. The predicted octanol–water partition coefficient (Wildman–Crippen LogP) is 2.62. The predicted molar refractivity (Wildman–Crippen MR) is 75.1 cm³/mol. The van der Waals surface area contributed by atoms with Crippen LogP contribution in [-0.4, -0.2) is 35.7 Å². The normalized spacial score (nSPS) is 18.1. The van der Waals surface area contributed by atoms with Crippen molar-refractivity contribution < 1.29 is 5.11 Å². The molecule has 100 valence electrons. The molecule has 0 aromatic heterocycles. The monoisotopic (exact) mass is 268 g/mol. The quantitative estimate of drug-likeness (QED) is 0.881. The van der Waals surface area contributed by atoms with Gasteiger partial charge in [0.05, 0.1) is 0 Å². The second-order valence-corrected chi connectivity index (χ2v) is 5.23. The molecule has 18 heavy (non-hydrogen) atoms. The average molecular weight is 269 g/mol. The highest BCUT2D eigenvalue weighted by Crippen LogP contribution is 2.25. The third kappa shape index (κ3) is 3.37. The Morgan fingerprint density at radius 1 is 1.39 bits per heavy atom. The molecule has 1 heterocycles. The fourth-order valence-electron chi connectivity index (χ4n) is 2.42. The molecule has 0 bridgehead atoms. The van der Waals surface area contributed by atoms with Gasteiger partial charge in [0.2, 0.25) is 0 Å². The van der Waals surface area contributed by atoms with Crippen LogP contribution >= 0.6 is 11.6 Å². The summed E-state index contributed by atoms with van der Waals surface area (Å²) in [4.78, 5) is 2.46. The molecular formula is C14H21ClN2O. The number of aromatic hydroxyl groups is 1. The number of likely N-dealkylation sites (tertiary alicyclic amines) is 1. The van der Waals surface area contributed by atoms with Crippen molar-refractivity contribution in [1.82, 2.24) is 10.2 Å². The lowest BCUT2D eigenvalue weighted by Crippen LogP contribution is -2.42. The summed E-state index contributed by atoms with van der Waals surface area (Å²) in [5.41, 5.74) is 0.803. The van der Waals surface area contributed by atoms with Gasteiger partial charge in [0.1, 0.15) is 5.75 Å². The number of phenolic OH excluding ortho intramolecular Hbond substituents is 1. The number of benzene rings is 1. The lowest BCUT2D eigenvalue weighted by Gasteiger charge is -2.31. The van der Waals surface area contributed by atoms with Crippen LogP contribution in [0, 0.1) is 0 Å². The molecule has 1 aliphatic heterocycles. The average Bonchev–Trinajstić information content (AvgIpc) is 2.39. The van der Waals surface area contributed by atoms with E-state index in [1.54, 1.807) is 12.1 Å². The Labute approximate surface area is 114 Å². The lowest BCUT2D eigenvalue weighted by molar-refractivity contribution is 0.205. The number of rotatable bonds is 4. The van der Waals surface area contributed by atoms with Gasteiger partial charge < -0.3 is 15.3 Å². The van der Waals surface area contributed by atoms with E-state index in [2.05, 4.69) is 17.1 Å². The van der Waals surface area contributed by atoms with E-state index < -0.39 is 0 Å². The van der Waals surface area contributed by atoms with Gasteiger partial charge in [-0.05, 0) is 44.6 Å². The Balaban J connectivity index is 1.85. The second-order valence-electron chi connectivity index (χ2n) is 4.83. The summed E-state index contributed by atoms with van der Waals surface area (Å²) in [7, 11) is 0. The number of hydrogen-bond donors (Lipinski definition) is 2. The number of nitrogens with zero attached hydrogens (tertiary/aromatic N) is 1. The fourth-order valence-corrected chi connectivity index (χ4v) is 2.66. The number of hydrogen-bond acceptors (Lipinski definition) is 3. The molecule has 1 aliphatic rings. The van der Waals surface area contributed by atoms with Crippen LogP contribution in [0.1, 0.15) is 25.3 Å². The van der Waals surface area contributed by atoms with E-state index in [1.165, 1.54) is 12.8 Å². The van der Waals surface area contributed by atoms with Gasteiger partial charge in [0.25, 0.3) is 0 Å². The van der Waals surface area contributed by atoms with Gasteiger partial charge in [-0.15, -0.1) is 0 Å². The van der Waals surface area contributed by atoms with E-state index in [0.29, 0.717) is 17.6 Å². The summed E-state index contributed by atoms with van der Waals surface area (Å²) in [6, 6.07) is 5.80. The van der Waals surface area contributed by atoms with Crippen LogP contribution in [0.3, 0.4) is 0 Å². The maximum atomic E-state index is 9.77. The van der Waals surface area contributed by atoms with Gasteiger partial charge in [0.15, 0.2) is 0 Å². The topological polar surface area (TPSA) is 35.5 Å². The summed E-state index contributed by atoms with van der Waals surface area (Å²) in [5, 5.41) is 13.9. The number of halogens is 1. The third-order valence-electron chi connectivity index (χ3n) is 3.70. The van der Waals surface area contributed by atoms with Gasteiger partial charge in [-0.25, -0.2) is 0 Å². The van der Waals surface area contributed by atoms with Gasteiger partial charge in [-0.3, -0.25) is 0 Å². The van der Waals surface area contributed by atoms with Gasteiger partial charge in [0, 0.05) is 23.2 Å². The van der Waals surface area contributed by atoms with Crippen molar-refractivity contribution in [2.24, 2.45) is 0 Å². The smallest absolute Gasteiger partial charge is 0.121 e. The minimum absolute atomic E-state index is 0.279. The molecule has 4 heteroatoms. The molecule has 2 rings (SSSR count). The Hall–Kier alpha value is -0.770. The summed E-state index contributed by atoms with van der Waals surface area (Å²) in [6.45, 7) is 6.29. The van der Waals surface area contributed by atoms with Gasteiger partial charge in [-0.1, -0.05) is 24.6 Å². The van der Waals surface area contributed by atoms with Crippen LogP contribution in [0.5, 0.6) is 5.75 Å². The van der Waals surface area contributed by atoms with Crippen molar-refractivity contribution in [1.29, 1.82) is 0 Å². The highest BCUT2D eigenvalue weighted by Gasteiger charge is 2.18. The third-order valence-corrected chi connectivity index (χ3v) is 4.05. The molecule has 0 radical (unpaired) electrons. The zero-order valence-electron chi connectivity index (χ0n) is 10.8. The molecule has 0 atom stereocenters. The zero-order chi connectivity index (χ0) is 13.0.